The Morgan fingerprint density at radius 3 is 2.60 bits per heavy atom. The quantitative estimate of drug-likeness (QED) is 0.125. The van der Waals surface area contributed by atoms with Crippen molar-refractivity contribution < 1.29 is 18.8 Å². The van der Waals surface area contributed by atoms with Crippen LogP contribution in [-0.4, -0.2) is 27.9 Å². The SMILES string of the molecule is COc1cc(C=Nn2c(C3CCCCC3)nc3ccc(Br)cc3c2=O)cc([N+](=O)[O-])c1OCc1ccc(F)cc1. The molecule has 206 valence electrons. The summed E-state index contributed by atoms with van der Waals surface area (Å²) >= 11 is 3.42. The maximum Gasteiger partial charge on any atom is 0.315 e. The Labute approximate surface area is 237 Å². The van der Waals surface area contributed by atoms with Gasteiger partial charge in [0.1, 0.15) is 18.2 Å². The molecule has 5 rings (SSSR count). The normalized spacial score (nSPS) is 14.1. The fourth-order valence-electron chi connectivity index (χ4n) is 4.88. The number of halogens is 2. The maximum atomic E-state index is 13.6. The van der Waals surface area contributed by atoms with Crippen molar-refractivity contribution in [1.29, 1.82) is 0 Å². The first-order chi connectivity index (χ1) is 19.3. The Morgan fingerprint density at radius 1 is 1.15 bits per heavy atom. The molecule has 0 spiro atoms. The smallest absolute Gasteiger partial charge is 0.315 e. The number of hydrogen-bond donors (Lipinski definition) is 0. The van der Waals surface area contributed by atoms with Gasteiger partial charge < -0.3 is 9.47 Å². The van der Waals surface area contributed by atoms with Gasteiger partial charge >= 0.3 is 5.69 Å². The minimum atomic E-state index is -0.575. The Balaban J connectivity index is 1.54. The molecule has 1 fully saturated rings. The third-order valence-corrected chi connectivity index (χ3v) is 7.39. The second-order valence-corrected chi connectivity index (χ2v) is 10.5. The maximum absolute atomic E-state index is 13.6. The zero-order chi connectivity index (χ0) is 28.2. The van der Waals surface area contributed by atoms with E-state index in [1.54, 1.807) is 18.2 Å². The molecule has 1 aliphatic carbocycles. The van der Waals surface area contributed by atoms with Crippen LogP contribution in [0.15, 0.2) is 69.0 Å². The van der Waals surface area contributed by atoms with Crippen LogP contribution in [0.2, 0.25) is 0 Å². The van der Waals surface area contributed by atoms with Crippen LogP contribution in [-0.2, 0) is 6.61 Å². The van der Waals surface area contributed by atoms with Gasteiger partial charge in [0.2, 0.25) is 5.75 Å². The molecular weight excluding hydrogens is 583 g/mol. The third-order valence-electron chi connectivity index (χ3n) is 6.90. The molecule has 0 atom stereocenters. The van der Waals surface area contributed by atoms with Crippen LogP contribution >= 0.6 is 15.9 Å². The van der Waals surface area contributed by atoms with Gasteiger partial charge in [-0.1, -0.05) is 47.3 Å². The molecule has 4 aromatic rings. The molecule has 1 saturated carbocycles. The predicted molar refractivity (Wildman–Crippen MR) is 153 cm³/mol. The lowest BCUT2D eigenvalue weighted by Crippen LogP contribution is -2.25. The van der Waals surface area contributed by atoms with Gasteiger partial charge in [0.25, 0.3) is 5.56 Å². The van der Waals surface area contributed by atoms with Crippen molar-refractivity contribution in [1.82, 2.24) is 9.66 Å². The van der Waals surface area contributed by atoms with Crippen molar-refractivity contribution in [3.8, 4) is 11.5 Å². The highest BCUT2D eigenvalue weighted by molar-refractivity contribution is 9.10. The molecule has 0 bridgehead atoms. The molecule has 9 nitrogen and oxygen atoms in total. The fourth-order valence-corrected chi connectivity index (χ4v) is 5.24. The van der Waals surface area contributed by atoms with Crippen molar-refractivity contribution in [3.63, 3.8) is 0 Å². The summed E-state index contributed by atoms with van der Waals surface area (Å²) in [5.41, 5.74) is 0.925. The first-order valence-corrected chi connectivity index (χ1v) is 13.6. The molecule has 1 heterocycles. The number of fused-ring (bicyclic) bond motifs is 1. The summed E-state index contributed by atoms with van der Waals surface area (Å²) in [6.07, 6.45) is 6.44. The Morgan fingerprint density at radius 2 is 1.90 bits per heavy atom. The van der Waals surface area contributed by atoms with Crippen molar-refractivity contribution in [2.45, 2.75) is 44.6 Å². The summed E-state index contributed by atoms with van der Waals surface area (Å²) in [6, 6.07) is 13.9. The van der Waals surface area contributed by atoms with Gasteiger partial charge in [0.05, 0.1) is 29.2 Å². The summed E-state index contributed by atoms with van der Waals surface area (Å²) in [6.45, 7) is -0.0244. The monoisotopic (exact) mass is 608 g/mol. The highest BCUT2D eigenvalue weighted by Gasteiger charge is 2.24. The third kappa shape index (κ3) is 5.89. The number of nitrogens with zero attached hydrogens (tertiary/aromatic N) is 4. The highest BCUT2D eigenvalue weighted by Crippen LogP contribution is 2.39. The molecule has 40 heavy (non-hydrogen) atoms. The van der Waals surface area contributed by atoms with E-state index in [9.17, 15) is 19.3 Å². The van der Waals surface area contributed by atoms with E-state index in [-0.39, 0.29) is 35.3 Å². The van der Waals surface area contributed by atoms with Crippen molar-refractivity contribution in [3.05, 3.63) is 102 Å². The zero-order valence-electron chi connectivity index (χ0n) is 21.7. The van der Waals surface area contributed by atoms with Crippen LogP contribution < -0.4 is 15.0 Å². The number of ether oxygens (including phenoxy) is 2. The Hall–Kier alpha value is -4.12. The van der Waals surface area contributed by atoms with E-state index < -0.39 is 10.7 Å². The van der Waals surface area contributed by atoms with Gasteiger partial charge in [-0.05, 0) is 54.8 Å². The second-order valence-electron chi connectivity index (χ2n) is 9.57. The predicted octanol–water partition coefficient (Wildman–Crippen LogP) is 6.72. The van der Waals surface area contributed by atoms with Crippen molar-refractivity contribution in [2.75, 3.05) is 7.11 Å². The molecule has 1 aromatic heterocycles. The number of nitro groups is 1. The molecule has 11 heteroatoms. The van der Waals surface area contributed by atoms with E-state index in [1.165, 1.54) is 48.3 Å². The molecule has 0 N–H and O–H groups in total. The molecule has 0 unspecified atom stereocenters. The topological polar surface area (TPSA) is 109 Å². The summed E-state index contributed by atoms with van der Waals surface area (Å²) < 4.78 is 26.4. The number of nitro benzene ring substituents is 1. The molecule has 1 aliphatic rings. The van der Waals surface area contributed by atoms with Gasteiger partial charge in [0, 0.05) is 22.0 Å². The fraction of sp³-hybridized carbons (Fsp3) is 0.276. The lowest BCUT2D eigenvalue weighted by Gasteiger charge is -2.22. The van der Waals surface area contributed by atoms with Gasteiger partial charge in [-0.2, -0.15) is 9.78 Å². The van der Waals surface area contributed by atoms with Crippen LogP contribution in [0.3, 0.4) is 0 Å². The van der Waals surface area contributed by atoms with E-state index >= 15 is 0 Å². The average Bonchev–Trinajstić information content (AvgIpc) is 2.96. The van der Waals surface area contributed by atoms with E-state index in [4.69, 9.17) is 14.5 Å². The molecule has 0 saturated heterocycles. The molecule has 3 aromatic carbocycles. The Kier molecular flexibility index (Phi) is 8.20. The first-order valence-electron chi connectivity index (χ1n) is 12.8. The lowest BCUT2D eigenvalue weighted by atomic mass is 9.88. The number of benzene rings is 3. The van der Waals surface area contributed by atoms with Crippen LogP contribution in [0.4, 0.5) is 10.1 Å². The van der Waals surface area contributed by atoms with Crippen LogP contribution in [0.25, 0.3) is 10.9 Å². The average molecular weight is 609 g/mol. The molecular formula is C29H26BrFN4O5. The minimum absolute atomic E-state index is 0.0244. The van der Waals surface area contributed by atoms with Crippen LogP contribution in [0.5, 0.6) is 11.5 Å². The van der Waals surface area contributed by atoms with Crippen LogP contribution in [0.1, 0.15) is 55.0 Å². The van der Waals surface area contributed by atoms with E-state index in [2.05, 4.69) is 21.0 Å². The van der Waals surface area contributed by atoms with Gasteiger partial charge in [-0.25, -0.2) is 9.37 Å². The highest BCUT2D eigenvalue weighted by atomic mass is 79.9. The van der Waals surface area contributed by atoms with Crippen molar-refractivity contribution >= 4 is 38.7 Å². The minimum Gasteiger partial charge on any atom is -0.493 e. The number of aromatic nitrogens is 2. The standard InChI is InChI=1S/C29H26BrFN4O5/c1-39-26-14-19(13-25(35(37)38)27(26)40-17-18-7-10-22(31)11-8-18)16-32-34-28(20-5-3-2-4-6-20)33-24-12-9-21(30)15-23(24)29(34)36/h7-16,20H,2-6,17H2,1H3. The zero-order valence-corrected chi connectivity index (χ0v) is 23.3. The van der Waals surface area contributed by atoms with E-state index in [1.807, 2.05) is 6.07 Å². The summed E-state index contributed by atoms with van der Waals surface area (Å²) in [4.78, 5) is 29.8. The Bertz CT molecular complexity index is 1650. The first kappa shape index (κ1) is 27.4. The summed E-state index contributed by atoms with van der Waals surface area (Å²) in [5.74, 6) is 0.328. The van der Waals surface area contributed by atoms with Crippen LogP contribution in [0, 0.1) is 15.9 Å². The second kappa shape index (κ2) is 12.0. The van der Waals surface area contributed by atoms with Crippen molar-refractivity contribution in [2.24, 2.45) is 5.10 Å². The molecule has 0 aliphatic heterocycles. The van der Waals surface area contributed by atoms with Gasteiger partial charge in [-0.15, -0.1) is 0 Å². The molecule has 0 radical (unpaired) electrons. The number of methoxy groups -OCH3 is 1. The van der Waals surface area contributed by atoms with Gasteiger partial charge in [-0.3, -0.25) is 14.9 Å². The van der Waals surface area contributed by atoms with Gasteiger partial charge in [0.15, 0.2) is 5.75 Å². The van der Waals surface area contributed by atoms with E-state index in [0.29, 0.717) is 27.9 Å². The summed E-state index contributed by atoms with van der Waals surface area (Å²) in [5, 5.41) is 16.9. The van der Waals surface area contributed by atoms with E-state index in [0.717, 1.165) is 36.6 Å². The molecule has 0 amide bonds. The largest absolute Gasteiger partial charge is 0.493 e. The number of rotatable bonds is 8. The summed E-state index contributed by atoms with van der Waals surface area (Å²) in [7, 11) is 1.38. The number of hydrogen-bond acceptors (Lipinski definition) is 7. The lowest BCUT2D eigenvalue weighted by molar-refractivity contribution is -0.386.